The van der Waals surface area contributed by atoms with Crippen molar-refractivity contribution in [3.63, 3.8) is 0 Å². The van der Waals surface area contributed by atoms with Crippen LogP contribution in [0.2, 0.25) is 5.02 Å². The zero-order valence-electron chi connectivity index (χ0n) is 16.1. The molecule has 0 aliphatic carbocycles. The minimum Gasteiger partial charge on any atom is -0.350 e. The zero-order chi connectivity index (χ0) is 21.3. The van der Waals surface area contributed by atoms with E-state index in [4.69, 9.17) is 11.6 Å². The van der Waals surface area contributed by atoms with Crippen LogP contribution in [0.4, 0.5) is 10.1 Å². The second-order valence-electron chi connectivity index (χ2n) is 6.95. The normalized spacial score (nSPS) is 14.0. The first kappa shape index (κ1) is 20.3. The first-order valence-corrected chi connectivity index (χ1v) is 10.6. The summed E-state index contributed by atoms with van der Waals surface area (Å²) in [6.07, 6.45) is 0.443. The van der Waals surface area contributed by atoms with Crippen molar-refractivity contribution in [1.29, 1.82) is 0 Å². The van der Waals surface area contributed by atoms with Crippen LogP contribution in [0.1, 0.15) is 16.0 Å². The molecule has 1 aliphatic heterocycles. The SMILES string of the molecule is Cc1ccc(Cl)cc1NC1=C(c2cccs2)C(=O)N(CCc2ccc(F)cc2)C1=O. The second-order valence-corrected chi connectivity index (χ2v) is 8.33. The third kappa shape index (κ3) is 4.01. The second kappa shape index (κ2) is 8.42. The average molecular weight is 441 g/mol. The summed E-state index contributed by atoms with van der Waals surface area (Å²) >= 11 is 7.52. The van der Waals surface area contributed by atoms with Gasteiger partial charge in [-0.2, -0.15) is 0 Å². The molecule has 30 heavy (non-hydrogen) atoms. The van der Waals surface area contributed by atoms with Crippen molar-refractivity contribution in [1.82, 2.24) is 4.90 Å². The molecule has 1 aliphatic rings. The molecule has 2 amide bonds. The number of carbonyl (C=O) groups is 2. The number of carbonyl (C=O) groups excluding carboxylic acids is 2. The van der Waals surface area contributed by atoms with Crippen molar-refractivity contribution in [2.75, 3.05) is 11.9 Å². The molecule has 0 saturated heterocycles. The van der Waals surface area contributed by atoms with E-state index in [-0.39, 0.29) is 29.9 Å². The monoisotopic (exact) mass is 440 g/mol. The fraction of sp³-hybridized carbons (Fsp3) is 0.130. The predicted molar refractivity (Wildman–Crippen MR) is 118 cm³/mol. The van der Waals surface area contributed by atoms with Crippen molar-refractivity contribution in [3.05, 3.63) is 92.5 Å². The molecule has 0 atom stereocenters. The van der Waals surface area contributed by atoms with Crippen LogP contribution in [0.25, 0.3) is 5.57 Å². The smallest absolute Gasteiger partial charge is 0.278 e. The minimum absolute atomic E-state index is 0.206. The number of amides is 2. The number of aryl methyl sites for hydroxylation is 1. The highest BCUT2D eigenvalue weighted by Gasteiger charge is 2.39. The van der Waals surface area contributed by atoms with Gasteiger partial charge in [0.05, 0.1) is 5.57 Å². The topological polar surface area (TPSA) is 49.4 Å². The lowest BCUT2D eigenvalue weighted by molar-refractivity contribution is -0.136. The molecular weight excluding hydrogens is 423 g/mol. The van der Waals surface area contributed by atoms with Gasteiger partial charge in [-0.15, -0.1) is 11.3 Å². The predicted octanol–water partition coefficient (Wildman–Crippen LogP) is 5.28. The van der Waals surface area contributed by atoms with E-state index in [0.29, 0.717) is 22.7 Å². The standard InChI is InChI=1S/C23H18ClFN2O2S/c1-14-4-7-16(24)13-18(14)26-21-20(19-3-2-12-30-19)22(28)27(23(21)29)11-10-15-5-8-17(25)9-6-15/h2-9,12-13,26H,10-11H2,1H3. The number of halogens is 2. The van der Waals surface area contributed by atoms with Gasteiger partial charge in [-0.3, -0.25) is 14.5 Å². The lowest BCUT2D eigenvalue weighted by Gasteiger charge is -2.16. The molecule has 0 saturated carbocycles. The van der Waals surface area contributed by atoms with E-state index < -0.39 is 0 Å². The first-order valence-electron chi connectivity index (χ1n) is 9.36. The summed E-state index contributed by atoms with van der Waals surface area (Å²) in [5.41, 5.74) is 3.03. The Balaban J connectivity index is 1.64. The Hall–Kier alpha value is -2.96. The van der Waals surface area contributed by atoms with Crippen LogP contribution in [-0.2, 0) is 16.0 Å². The molecule has 1 aromatic heterocycles. The molecule has 0 unspecified atom stereocenters. The number of nitrogens with zero attached hydrogens (tertiary/aromatic N) is 1. The fourth-order valence-electron chi connectivity index (χ4n) is 3.30. The number of thiophene rings is 1. The summed E-state index contributed by atoms with van der Waals surface area (Å²) in [6, 6.07) is 15.1. The van der Waals surface area contributed by atoms with Crippen LogP contribution in [0.15, 0.2) is 65.7 Å². The molecule has 4 nitrogen and oxygen atoms in total. The molecule has 4 rings (SSSR count). The zero-order valence-corrected chi connectivity index (χ0v) is 17.7. The molecule has 0 fully saturated rings. The van der Waals surface area contributed by atoms with Crippen LogP contribution in [0, 0.1) is 12.7 Å². The summed E-state index contributed by atoms with van der Waals surface area (Å²) in [4.78, 5) is 28.3. The van der Waals surface area contributed by atoms with Crippen LogP contribution >= 0.6 is 22.9 Å². The quantitative estimate of drug-likeness (QED) is 0.530. The fourth-order valence-corrected chi connectivity index (χ4v) is 4.24. The van der Waals surface area contributed by atoms with Gasteiger partial charge in [0.1, 0.15) is 11.5 Å². The largest absolute Gasteiger partial charge is 0.350 e. The maximum absolute atomic E-state index is 13.2. The maximum atomic E-state index is 13.2. The third-order valence-corrected chi connectivity index (χ3v) is 6.05. The Kier molecular flexibility index (Phi) is 5.70. The number of hydrogen-bond acceptors (Lipinski definition) is 4. The molecule has 0 spiro atoms. The highest BCUT2D eigenvalue weighted by molar-refractivity contribution is 7.11. The van der Waals surface area contributed by atoms with Gasteiger partial charge in [-0.05, 0) is 60.2 Å². The summed E-state index contributed by atoms with van der Waals surface area (Å²) in [5, 5.41) is 5.54. The summed E-state index contributed by atoms with van der Waals surface area (Å²) in [6.45, 7) is 2.11. The van der Waals surface area contributed by atoms with Crippen molar-refractivity contribution in [2.45, 2.75) is 13.3 Å². The summed E-state index contributed by atoms with van der Waals surface area (Å²) in [5.74, 6) is -1.05. The van der Waals surface area contributed by atoms with E-state index in [0.717, 1.165) is 16.0 Å². The van der Waals surface area contributed by atoms with Crippen molar-refractivity contribution in [2.24, 2.45) is 0 Å². The van der Waals surface area contributed by atoms with E-state index in [1.807, 2.05) is 30.5 Å². The van der Waals surface area contributed by atoms with Gasteiger partial charge in [0.15, 0.2) is 0 Å². The number of rotatable bonds is 6. The number of imide groups is 1. The van der Waals surface area contributed by atoms with Crippen molar-refractivity contribution < 1.29 is 14.0 Å². The average Bonchev–Trinajstić information content (AvgIpc) is 3.32. The maximum Gasteiger partial charge on any atom is 0.278 e. The van der Waals surface area contributed by atoms with Crippen molar-refractivity contribution in [3.8, 4) is 0 Å². The van der Waals surface area contributed by atoms with E-state index in [1.54, 1.807) is 24.3 Å². The van der Waals surface area contributed by atoms with E-state index >= 15 is 0 Å². The van der Waals surface area contributed by atoms with E-state index in [2.05, 4.69) is 5.32 Å². The molecule has 3 aromatic rings. The number of nitrogens with one attached hydrogen (secondary N) is 1. The van der Waals surface area contributed by atoms with E-state index in [9.17, 15) is 14.0 Å². The summed E-state index contributed by atoms with van der Waals surface area (Å²) in [7, 11) is 0. The Morgan fingerprint density at radius 3 is 2.53 bits per heavy atom. The molecular formula is C23H18ClFN2O2S. The molecule has 0 radical (unpaired) electrons. The first-order chi connectivity index (χ1) is 14.4. The lowest BCUT2D eigenvalue weighted by atomic mass is 10.1. The van der Waals surface area contributed by atoms with Gasteiger partial charge >= 0.3 is 0 Å². The van der Waals surface area contributed by atoms with Crippen LogP contribution in [-0.4, -0.2) is 23.3 Å². The molecule has 2 heterocycles. The van der Waals surface area contributed by atoms with Crippen LogP contribution in [0.3, 0.4) is 0 Å². The molecule has 7 heteroatoms. The number of anilines is 1. The van der Waals surface area contributed by atoms with Gasteiger partial charge in [0.2, 0.25) is 0 Å². The summed E-state index contributed by atoms with van der Waals surface area (Å²) < 4.78 is 13.1. The van der Waals surface area contributed by atoms with Crippen molar-refractivity contribution >= 4 is 46.0 Å². The van der Waals surface area contributed by atoms with Gasteiger partial charge in [0.25, 0.3) is 11.8 Å². The van der Waals surface area contributed by atoms with Gasteiger partial charge in [-0.25, -0.2) is 4.39 Å². The highest BCUT2D eigenvalue weighted by Crippen LogP contribution is 2.34. The molecule has 2 aromatic carbocycles. The minimum atomic E-state index is -0.384. The lowest BCUT2D eigenvalue weighted by Crippen LogP contribution is -2.34. The third-order valence-electron chi connectivity index (χ3n) is 4.93. The Morgan fingerprint density at radius 2 is 1.83 bits per heavy atom. The number of benzene rings is 2. The Morgan fingerprint density at radius 1 is 1.07 bits per heavy atom. The van der Waals surface area contributed by atoms with Crippen LogP contribution in [0.5, 0.6) is 0 Å². The van der Waals surface area contributed by atoms with Gasteiger partial charge < -0.3 is 5.32 Å². The van der Waals surface area contributed by atoms with E-state index in [1.165, 1.54) is 28.4 Å². The Labute approximate surface area is 182 Å². The molecule has 152 valence electrons. The molecule has 1 N–H and O–H groups in total. The highest BCUT2D eigenvalue weighted by atomic mass is 35.5. The van der Waals surface area contributed by atoms with Crippen LogP contribution < -0.4 is 5.32 Å². The number of hydrogen-bond donors (Lipinski definition) is 1. The van der Waals surface area contributed by atoms with Gasteiger partial charge in [0, 0.05) is 22.1 Å². The molecule has 0 bridgehead atoms. The Bertz CT molecular complexity index is 1140. The van der Waals surface area contributed by atoms with Gasteiger partial charge in [-0.1, -0.05) is 35.9 Å².